The van der Waals surface area contributed by atoms with Gasteiger partial charge in [-0.2, -0.15) is 9.61 Å². The molecule has 3 aromatic heterocycles. The number of aliphatic hydroxyl groups is 1. The summed E-state index contributed by atoms with van der Waals surface area (Å²) in [4.78, 5) is 35.8. The summed E-state index contributed by atoms with van der Waals surface area (Å²) in [6.07, 6.45) is 7.38. The third-order valence-corrected chi connectivity index (χ3v) is 7.56. The lowest BCUT2D eigenvalue weighted by Crippen LogP contribution is -2.47. The Kier molecular flexibility index (Phi) is 7.20. The number of amides is 1. The minimum atomic E-state index is -0.481. The monoisotopic (exact) mass is 512 g/mol. The lowest BCUT2D eigenvalue weighted by Gasteiger charge is -2.38. The number of carbonyl (C=O) groups excluding carboxylic acids is 2. The molecule has 9 heteroatoms. The van der Waals surface area contributed by atoms with Crippen LogP contribution in [0.25, 0.3) is 28.0 Å². The van der Waals surface area contributed by atoms with E-state index in [9.17, 15) is 14.7 Å². The van der Waals surface area contributed by atoms with Gasteiger partial charge in [-0.15, -0.1) is 0 Å². The molecule has 196 valence electrons. The minimum absolute atomic E-state index is 0.0147. The zero-order chi connectivity index (χ0) is 26.8. The zero-order valence-electron chi connectivity index (χ0n) is 21.6. The van der Waals surface area contributed by atoms with E-state index in [2.05, 4.69) is 10.1 Å². The molecule has 5 heterocycles. The van der Waals surface area contributed by atoms with Crippen molar-refractivity contribution >= 4 is 23.7 Å². The molecule has 0 radical (unpaired) electrons. The Morgan fingerprint density at radius 3 is 2.37 bits per heavy atom. The van der Waals surface area contributed by atoms with Gasteiger partial charge in [0.25, 0.3) is 0 Å². The predicted octanol–water partition coefficient (Wildman–Crippen LogP) is 4.11. The summed E-state index contributed by atoms with van der Waals surface area (Å²) in [6, 6.07) is 14.0. The van der Waals surface area contributed by atoms with Crippen LogP contribution in [0, 0.1) is 0 Å². The Morgan fingerprint density at radius 1 is 1.05 bits per heavy atom. The highest BCUT2D eigenvalue weighted by Gasteiger charge is 2.44. The molecule has 2 bridgehead atoms. The molecule has 0 saturated carbocycles. The van der Waals surface area contributed by atoms with Gasteiger partial charge in [0, 0.05) is 40.9 Å². The van der Waals surface area contributed by atoms with Crippen molar-refractivity contribution in [1.29, 1.82) is 0 Å². The number of aldehydes is 1. The smallest absolute Gasteiger partial charge is 0.248 e. The summed E-state index contributed by atoms with van der Waals surface area (Å²) in [7, 11) is 0. The van der Waals surface area contributed by atoms with Gasteiger partial charge in [-0.1, -0.05) is 50.2 Å². The molecule has 2 aliphatic rings. The molecule has 0 spiro atoms. The van der Waals surface area contributed by atoms with Gasteiger partial charge in [0.2, 0.25) is 5.91 Å². The Morgan fingerprint density at radius 2 is 1.76 bits per heavy atom. The fraction of sp³-hybridized carbons (Fsp3) is 0.345. The Labute approximate surface area is 221 Å². The maximum atomic E-state index is 12.3. The van der Waals surface area contributed by atoms with Gasteiger partial charge in [0.05, 0.1) is 23.1 Å². The summed E-state index contributed by atoms with van der Waals surface area (Å²) in [5.74, 6) is 0.00872. The second kappa shape index (κ2) is 10.7. The van der Waals surface area contributed by atoms with Gasteiger partial charge in [0.15, 0.2) is 11.9 Å². The van der Waals surface area contributed by atoms with E-state index in [1.807, 2.05) is 61.2 Å². The Hall–Kier alpha value is -4.11. The number of carbonyl (C=O) groups is 2. The van der Waals surface area contributed by atoms with Crippen molar-refractivity contribution in [3.8, 4) is 22.4 Å². The van der Waals surface area contributed by atoms with Crippen molar-refractivity contribution < 1.29 is 14.7 Å². The Balaban J connectivity index is 0.00000144. The summed E-state index contributed by atoms with van der Waals surface area (Å²) in [5.41, 5.74) is 11.5. The van der Waals surface area contributed by atoms with Crippen LogP contribution in [0.5, 0.6) is 0 Å². The highest BCUT2D eigenvalue weighted by Crippen LogP contribution is 2.44. The molecule has 3 N–H and O–H groups in total. The number of aromatic nitrogens is 4. The van der Waals surface area contributed by atoms with Gasteiger partial charge in [-0.25, -0.2) is 4.98 Å². The second-order valence-corrected chi connectivity index (χ2v) is 9.52. The van der Waals surface area contributed by atoms with E-state index >= 15 is 0 Å². The summed E-state index contributed by atoms with van der Waals surface area (Å²) < 4.78 is 1.51. The van der Waals surface area contributed by atoms with Crippen LogP contribution in [0.2, 0.25) is 0 Å². The molecule has 9 nitrogen and oxygen atoms in total. The molecular weight excluding hydrogens is 480 g/mol. The number of nitrogens with two attached hydrogens (primary N) is 1. The van der Waals surface area contributed by atoms with Crippen molar-refractivity contribution in [2.75, 3.05) is 12.3 Å². The number of hydrogen-bond acceptors (Lipinski definition) is 7. The molecule has 3 atom stereocenters. The first-order valence-corrected chi connectivity index (χ1v) is 13.1. The van der Waals surface area contributed by atoms with Crippen molar-refractivity contribution in [3.63, 3.8) is 0 Å². The van der Waals surface area contributed by atoms with E-state index in [1.165, 1.54) is 4.52 Å². The third kappa shape index (κ3) is 4.32. The van der Waals surface area contributed by atoms with Crippen molar-refractivity contribution in [2.45, 2.75) is 57.5 Å². The van der Waals surface area contributed by atoms with Gasteiger partial charge in [-0.05, 0) is 31.7 Å². The largest absolute Gasteiger partial charge is 0.387 e. The molecule has 2 aliphatic heterocycles. The molecule has 2 saturated heterocycles. The maximum absolute atomic E-state index is 12.3. The fourth-order valence-corrected chi connectivity index (χ4v) is 5.90. The number of fused-ring (bicyclic) bond motifs is 3. The number of aliphatic hydroxyl groups excluding tert-OH is 1. The molecule has 2 fully saturated rings. The van der Waals surface area contributed by atoms with Gasteiger partial charge < -0.3 is 15.7 Å². The lowest BCUT2D eigenvalue weighted by molar-refractivity contribution is -0.138. The molecule has 1 aromatic carbocycles. The van der Waals surface area contributed by atoms with Crippen LogP contribution in [0.15, 0.2) is 54.9 Å². The van der Waals surface area contributed by atoms with E-state index in [1.54, 1.807) is 12.4 Å². The molecular formula is C29H32N6O3. The van der Waals surface area contributed by atoms with Crippen molar-refractivity contribution in [1.82, 2.24) is 24.5 Å². The van der Waals surface area contributed by atoms with E-state index < -0.39 is 6.61 Å². The van der Waals surface area contributed by atoms with Gasteiger partial charge in [-0.3, -0.25) is 14.6 Å². The third-order valence-electron chi connectivity index (χ3n) is 7.56. The van der Waals surface area contributed by atoms with Crippen molar-refractivity contribution in [3.05, 3.63) is 66.1 Å². The van der Waals surface area contributed by atoms with Crippen LogP contribution in [0.1, 0.15) is 61.5 Å². The van der Waals surface area contributed by atoms with Gasteiger partial charge in [0.1, 0.15) is 12.4 Å². The standard InChI is InChI=1S/C27H26N6O3.C2H6/c28-26-22(14-34)25(18-10-19-7-8-20(11-18)32(19)24(36)15-35)31-27-21(13-30-33(26)27)17-6-9-23(29-12-17)16-4-2-1-3-5-16;1-2/h1-6,9,12-14,18-20,35H,7-8,10-11,15,28H2;1-2H3/t18?,19-,20?;/m0./s1. The predicted molar refractivity (Wildman–Crippen MR) is 146 cm³/mol. The number of anilines is 1. The average molecular weight is 513 g/mol. The number of nitrogens with zero attached hydrogens (tertiary/aromatic N) is 5. The Bertz CT molecular complexity index is 1440. The van der Waals surface area contributed by atoms with Crippen molar-refractivity contribution in [2.24, 2.45) is 0 Å². The van der Waals surface area contributed by atoms with E-state index in [-0.39, 0.29) is 29.7 Å². The molecule has 2 unspecified atom stereocenters. The first-order valence-electron chi connectivity index (χ1n) is 13.1. The first-order chi connectivity index (χ1) is 18.6. The normalized spacial score (nSPS) is 20.2. The number of hydrogen-bond donors (Lipinski definition) is 2. The maximum Gasteiger partial charge on any atom is 0.248 e. The first kappa shape index (κ1) is 25.5. The second-order valence-electron chi connectivity index (χ2n) is 9.52. The van der Waals surface area contributed by atoms with Crippen LogP contribution in [-0.2, 0) is 4.79 Å². The molecule has 38 heavy (non-hydrogen) atoms. The van der Waals surface area contributed by atoms with Gasteiger partial charge >= 0.3 is 0 Å². The number of rotatable bonds is 5. The fourth-order valence-electron chi connectivity index (χ4n) is 5.90. The molecule has 0 aliphatic carbocycles. The van der Waals surface area contributed by atoms with E-state index in [0.29, 0.717) is 29.7 Å². The zero-order valence-corrected chi connectivity index (χ0v) is 21.6. The number of piperidine rings is 1. The minimum Gasteiger partial charge on any atom is -0.387 e. The molecule has 6 rings (SSSR count). The number of nitrogen functional groups attached to an aromatic ring is 1. The lowest BCUT2D eigenvalue weighted by atomic mass is 9.86. The molecule has 1 amide bonds. The SMILES string of the molecule is CC.Nc1c(C=O)c(C2CC3CC[C@@H](C2)N3C(=O)CO)nc2c(-c3ccc(-c4ccccc4)nc3)cnn12. The van der Waals surface area contributed by atoms with Crippen LogP contribution in [0.4, 0.5) is 5.82 Å². The quantitative estimate of drug-likeness (QED) is 0.385. The topological polar surface area (TPSA) is 127 Å². The number of benzene rings is 1. The van der Waals surface area contributed by atoms with Crippen LogP contribution < -0.4 is 5.73 Å². The number of pyridine rings is 1. The van der Waals surface area contributed by atoms with Crippen LogP contribution in [0.3, 0.4) is 0 Å². The van der Waals surface area contributed by atoms with E-state index in [0.717, 1.165) is 41.5 Å². The van der Waals surface area contributed by atoms with Crippen LogP contribution in [-0.4, -0.2) is 60.5 Å². The summed E-state index contributed by atoms with van der Waals surface area (Å²) >= 11 is 0. The highest BCUT2D eigenvalue weighted by atomic mass is 16.3. The summed E-state index contributed by atoms with van der Waals surface area (Å²) in [6.45, 7) is 3.52. The highest BCUT2D eigenvalue weighted by molar-refractivity contribution is 5.87. The molecule has 4 aromatic rings. The van der Waals surface area contributed by atoms with E-state index in [4.69, 9.17) is 10.7 Å². The summed E-state index contributed by atoms with van der Waals surface area (Å²) in [5, 5.41) is 13.8. The average Bonchev–Trinajstić information content (AvgIpc) is 3.52. The van der Waals surface area contributed by atoms with Crippen LogP contribution >= 0.6 is 0 Å².